The maximum absolute atomic E-state index is 5.56. The summed E-state index contributed by atoms with van der Waals surface area (Å²) in [4.78, 5) is 14.9. The molecule has 0 spiro atoms. The van der Waals surface area contributed by atoms with E-state index >= 15 is 0 Å². The molecule has 172 valence electrons. The molecule has 0 aliphatic carbocycles. The van der Waals surface area contributed by atoms with Crippen LogP contribution in [0.1, 0.15) is 42.3 Å². The van der Waals surface area contributed by atoms with E-state index in [2.05, 4.69) is 89.6 Å². The molecule has 1 N–H and O–H groups in total. The summed E-state index contributed by atoms with van der Waals surface area (Å²) in [5, 5.41) is 3.83. The van der Waals surface area contributed by atoms with E-state index in [1.807, 2.05) is 0 Å². The van der Waals surface area contributed by atoms with E-state index in [0.29, 0.717) is 5.92 Å². The van der Waals surface area contributed by atoms with Crippen molar-refractivity contribution in [3.8, 4) is 0 Å². The van der Waals surface area contributed by atoms with E-state index in [4.69, 9.17) is 14.7 Å². The Hall–Kier alpha value is -2.96. The first-order valence-corrected chi connectivity index (χ1v) is 12.0. The Labute approximate surface area is 196 Å². The van der Waals surface area contributed by atoms with Gasteiger partial charge in [0.1, 0.15) is 5.82 Å². The van der Waals surface area contributed by atoms with E-state index in [-0.39, 0.29) is 6.04 Å². The van der Waals surface area contributed by atoms with Gasteiger partial charge in [-0.05, 0) is 17.0 Å². The van der Waals surface area contributed by atoms with Gasteiger partial charge in [-0.1, -0.05) is 74.5 Å². The highest BCUT2D eigenvalue weighted by Crippen LogP contribution is 2.34. The molecule has 0 atom stereocenters. The van der Waals surface area contributed by atoms with Gasteiger partial charge in [-0.3, -0.25) is 4.90 Å². The Kier molecular flexibility index (Phi) is 6.55. The van der Waals surface area contributed by atoms with E-state index in [9.17, 15) is 0 Å². The number of anilines is 2. The van der Waals surface area contributed by atoms with Crippen molar-refractivity contribution >= 4 is 11.8 Å². The molecule has 0 radical (unpaired) electrons. The van der Waals surface area contributed by atoms with Crippen molar-refractivity contribution in [1.82, 2.24) is 14.9 Å². The summed E-state index contributed by atoms with van der Waals surface area (Å²) in [6.45, 7) is 10.5. The molecule has 2 aliphatic heterocycles. The average molecular weight is 444 g/mol. The lowest BCUT2D eigenvalue weighted by Gasteiger charge is -2.28. The normalized spacial score (nSPS) is 16.4. The molecule has 2 aromatic carbocycles. The summed E-state index contributed by atoms with van der Waals surface area (Å²) in [6.07, 6.45) is 0. The lowest BCUT2D eigenvalue weighted by atomic mass is 9.98. The van der Waals surface area contributed by atoms with Crippen molar-refractivity contribution in [3.05, 3.63) is 83.0 Å². The first kappa shape index (κ1) is 21.9. The number of hydrogen-bond donors (Lipinski definition) is 1. The molecule has 0 saturated carbocycles. The Morgan fingerprint density at radius 1 is 0.879 bits per heavy atom. The summed E-state index contributed by atoms with van der Waals surface area (Å²) in [7, 11) is 0. The topological polar surface area (TPSA) is 53.5 Å². The second-order valence-corrected chi connectivity index (χ2v) is 9.36. The molecule has 0 amide bonds. The number of hydrogen-bond acceptors (Lipinski definition) is 6. The number of ether oxygens (including phenoxy) is 1. The zero-order valence-corrected chi connectivity index (χ0v) is 19.6. The number of benzene rings is 2. The molecule has 2 aliphatic rings. The molecule has 1 fully saturated rings. The van der Waals surface area contributed by atoms with Gasteiger partial charge >= 0.3 is 0 Å². The third-order valence-electron chi connectivity index (χ3n) is 6.30. The highest BCUT2D eigenvalue weighted by atomic mass is 16.5. The van der Waals surface area contributed by atoms with Crippen molar-refractivity contribution in [1.29, 1.82) is 0 Å². The van der Waals surface area contributed by atoms with Crippen molar-refractivity contribution in [2.24, 2.45) is 5.92 Å². The van der Waals surface area contributed by atoms with Gasteiger partial charge in [-0.2, -0.15) is 4.98 Å². The SMILES string of the molecule is CC(C)CN1Cc2nc(N3CCOCC3)nc(NC(c3ccccc3)c3ccccc3)c2C1. The number of morpholine rings is 1. The average Bonchev–Trinajstić information content (AvgIpc) is 3.26. The lowest BCUT2D eigenvalue weighted by Crippen LogP contribution is -2.37. The highest BCUT2D eigenvalue weighted by Gasteiger charge is 2.29. The van der Waals surface area contributed by atoms with Crippen LogP contribution >= 0.6 is 0 Å². The van der Waals surface area contributed by atoms with Crippen LogP contribution in [-0.2, 0) is 17.8 Å². The molecular weight excluding hydrogens is 410 g/mol. The van der Waals surface area contributed by atoms with Gasteiger partial charge < -0.3 is 15.0 Å². The molecular formula is C27H33N5O. The van der Waals surface area contributed by atoms with E-state index in [1.165, 1.54) is 16.7 Å². The molecule has 5 rings (SSSR count). The minimum Gasteiger partial charge on any atom is -0.378 e. The van der Waals surface area contributed by atoms with Crippen LogP contribution in [-0.4, -0.2) is 47.7 Å². The molecule has 0 unspecified atom stereocenters. The zero-order chi connectivity index (χ0) is 22.6. The third kappa shape index (κ3) is 5.02. The number of fused-ring (bicyclic) bond motifs is 1. The van der Waals surface area contributed by atoms with Gasteiger partial charge in [0, 0.05) is 38.3 Å². The Morgan fingerprint density at radius 3 is 2.12 bits per heavy atom. The Balaban J connectivity index is 1.53. The summed E-state index contributed by atoms with van der Waals surface area (Å²) >= 11 is 0. The van der Waals surface area contributed by atoms with Crippen molar-refractivity contribution in [2.75, 3.05) is 43.1 Å². The lowest BCUT2D eigenvalue weighted by molar-refractivity contribution is 0.122. The van der Waals surface area contributed by atoms with Crippen LogP contribution < -0.4 is 10.2 Å². The van der Waals surface area contributed by atoms with Crippen LogP contribution in [0.15, 0.2) is 60.7 Å². The quantitative estimate of drug-likeness (QED) is 0.581. The highest BCUT2D eigenvalue weighted by molar-refractivity contribution is 5.56. The van der Waals surface area contributed by atoms with E-state index < -0.39 is 0 Å². The zero-order valence-electron chi connectivity index (χ0n) is 19.6. The minimum atomic E-state index is 0.0167. The second kappa shape index (κ2) is 9.89. The first-order valence-electron chi connectivity index (χ1n) is 12.0. The standard InChI is InChI=1S/C27H33N5O/c1-20(2)17-31-18-23-24(19-31)28-27(32-13-15-33-16-14-32)30-26(23)29-25(21-9-5-3-6-10-21)22-11-7-4-8-12-22/h3-12,20,25H,13-19H2,1-2H3,(H,28,29,30). The third-order valence-corrected chi connectivity index (χ3v) is 6.30. The van der Waals surface area contributed by atoms with Crippen LogP contribution in [0.2, 0.25) is 0 Å². The maximum atomic E-state index is 5.56. The summed E-state index contributed by atoms with van der Waals surface area (Å²) < 4.78 is 5.56. The fourth-order valence-corrected chi connectivity index (χ4v) is 4.76. The number of nitrogens with one attached hydrogen (secondary N) is 1. The number of rotatable bonds is 7. The Bertz CT molecular complexity index is 1010. The smallest absolute Gasteiger partial charge is 0.227 e. The van der Waals surface area contributed by atoms with Crippen LogP contribution in [0.5, 0.6) is 0 Å². The van der Waals surface area contributed by atoms with E-state index in [1.54, 1.807) is 0 Å². The molecule has 33 heavy (non-hydrogen) atoms. The molecule has 3 aromatic rings. The van der Waals surface area contributed by atoms with Gasteiger partial charge in [-0.25, -0.2) is 4.98 Å². The molecule has 3 heterocycles. The summed E-state index contributed by atoms with van der Waals surface area (Å²) in [6, 6.07) is 21.3. The van der Waals surface area contributed by atoms with Crippen molar-refractivity contribution in [3.63, 3.8) is 0 Å². The van der Waals surface area contributed by atoms with Gasteiger partial charge in [0.25, 0.3) is 0 Å². The number of nitrogens with zero attached hydrogens (tertiary/aromatic N) is 4. The Morgan fingerprint density at radius 2 is 1.52 bits per heavy atom. The maximum Gasteiger partial charge on any atom is 0.227 e. The monoisotopic (exact) mass is 443 g/mol. The van der Waals surface area contributed by atoms with Crippen LogP contribution in [0.3, 0.4) is 0 Å². The predicted octanol–water partition coefficient (Wildman–Crippen LogP) is 4.49. The van der Waals surface area contributed by atoms with Gasteiger partial charge in [-0.15, -0.1) is 0 Å². The van der Waals surface area contributed by atoms with Gasteiger partial charge in [0.2, 0.25) is 5.95 Å². The molecule has 1 saturated heterocycles. The number of aromatic nitrogens is 2. The molecule has 0 bridgehead atoms. The fraction of sp³-hybridized carbons (Fsp3) is 0.407. The fourth-order valence-electron chi connectivity index (χ4n) is 4.76. The first-order chi connectivity index (χ1) is 16.2. The van der Waals surface area contributed by atoms with Crippen LogP contribution in [0, 0.1) is 5.92 Å². The van der Waals surface area contributed by atoms with E-state index in [0.717, 1.165) is 63.4 Å². The second-order valence-electron chi connectivity index (χ2n) is 9.36. The molecule has 6 heteroatoms. The van der Waals surface area contributed by atoms with Crippen LogP contribution in [0.25, 0.3) is 0 Å². The van der Waals surface area contributed by atoms with Gasteiger partial charge in [0.15, 0.2) is 0 Å². The largest absolute Gasteiger partial charge is 0.378 e. The van der Waals surface area contributed by atoms with Crippen molar-refractivity contribution < 1.29 is 4.74 Å². The van der Waals surface area contributed by atoms with Crippen molar-refractivity contribution in [2.45, 2.75) is 33.0 Å². The molecule has 1 aromatic heterocycles. The molecule has 6 nitrogen and oxygen atoms in total. The van der Waals surface area contributed by atoms with Crippen LogP contribution in [0.4, 0.5) is 11.8 Å². The summed E-state index contributed by atoms with van der Waals surface area (Å²) in [5.74, 6) is 2.38. The summed E-state index contributed by atoms with van der Waals surface area (Å²) in [5.41, 5.74) is 4.82. The minimum absolute atomic E-state index is 0.0167. The predicted molar refractivity (Wildman–Crippen MR) is 132 cm³/mol. The van der Waals surface area contributed by atoms with Gasteiger partial charge in [0.05, 0.1) is 24.9 Å².